The van der Waals surface area contributed by atoms with Gasteiger partial charge in [-0.15, -0.1) is 0 Å². The third-order valence-electron chi connectivity index (χ3n) is 9.73. The second-order valence-electron chi connectivity index (χ2n) is 15.3. The standard InChI is InChI=1S/C51H86O6/c1-4-7-10-13-16-19-20-21-22-23-24-25-26-27-28-29-30-31-32-33-36-38-41-44-50(53)56-47-48(57-51(54)45-42-39-35-18-15-12-9-6-3)46-55-49(52)43-40-37-34-17-14-11-8-5-2/h7,10,16,19,21-22,24-25,27-28,30-31,48H,4-6,8-9,11-15,17-18,20,23,26,29,32-47H2,1-3H3/b10-7-,19-16-,22-21-,25-24-,28-27-,31-30-. The molecule has 57 heavy (non-hydrogen) atoms. The van der Waals surface area contributed by atoms with Gasteiger partial charge in [-0.05, 0) is 70.6 Å². The smallest absolute Gasteiger partial charge is 0.306 e. The van der Waals surface area contributed by atoms with Crippen LogP contribution in [0.3, 0.4) is 0 Å². The molecule has 0 heterocycles. The number of allylic oxidation sites excluding steroid dienone is 12. The molecule has 1 atom stereocenters. The lowest BCUT2D eigenvalue weighted by Gasteiger charge is -2.18. The molecule has 0 radical (unpaired) electrons. The Morgan fingerprint density at radius 3 is 1.07 bits per heavy atom. The number of carbonyl (C=O) groups excluding carboxylic acids is 3. The summed E-state index contributed by atoms with van der Waals surface area (Å²) >= 11 is 0. The molecule has 6 heteroatoms. The van der Waals surface area contributed by atoms with Crippen LogP contribution in [0.5, 0.6) is 0 Å². The highest BCUT2D eigenvalue weighted by Crippen LogP contribution is 2.13. The van der Waals surface area contributed by atoms with E-state index in [1.807, 2.05) is 0 Å². The van der Waals surface area contributed by atoms with Crippen LogP contribution in [0, 0.1) is 0 Å². The van der Waals surface area contributed by atoms with E-state index in [4.69, 9.17) is 14.2 Å². The molecule has 0 saturated heterocycles. The van der Waals surface area contributed by atoms with Crippen LogP contribution in [0.1, 0.15) is 213 Å². The van der Waals surface area contributed by atoms with Crippen LogP contribution in [-0.2, 0) is 28.6 Å². The molecule has 0 saturated carbocycles. The van der Waals surface area contributed by atoms with Gasteiger partial charge in [0.1, 0.15) is 13.2 Å². The molecule has 0 aromatic heterocycles. The first kappa shape index (κ1) is 53.9. The Bertz CT molecular complexity index is 1100. The van der Waals surface area contributed by atoms with E-state index in [1.165, 1.54) is 64.2 Å². The lowest BCUT2D eigenvalue weighted by atomic mass is 10.1. The molecule has 0 amide bonds. The molecule has 0 aromatic rings. The van der Waals surface area contributed by atoms with Gasteiger partial charge in [-0.2, -0.15) is 0 Å². The minimum Gasteiger partial charge on any atom is -0.462 e. The topological polar surface area (TPSA) is 78.9 Å². The fourth-order valence-corrected chi connectivity index (χ4v) is 6.21. The molecule has 0 spiro atoms. The molecule has 0 aliphatic heterocycles. The molecular weight excluding hydrogens is 709 g/mol. The molecule has 326 valence electrons. The maximum atomic E-state index is 12.6. The van der Waals surface area contributed by atoms with Gasteiger partial charge in [-0.3, -0.25) is 14.4 Å². The summed E-state index contributed by atoms with van der Waals surface area (Å²) < 4.78 is 16.6. The average Bonchev–Trinajstić information content (AvgIpc) is 3.21. The van der Waals surface area contributed by atoms with Crippen molar-refractivity contribution in [3.8, 4) is 0 Å². The Labute approximate surface area is 351 Å². The summed E-state index contributed by atoms with van der Waals surface area (Å²) in [5.41, 5.74) is 0. The molecule has 0 fully saturated rings. The third kappa shape index (κ3) is 43.8. The second kappa shape index (κ2) is 45.6. The van der Waals surface area contributed by atoms with Crippen molar-refractivity contribution in [2.75, 3.05) is 13.2 Å². The minimum atomic E-state index is -0.778. The first-order chi connectivity index (χ1) is 28.0. The van der Waals surface area contributed by atoms with Gasteiger partial charge in [-0.25, -0.2) is 0 Å². The lowest BCUT2D eigenvalue weighted by molar-refractivity contribution is -0.167. The van der Waals surface area contributed by atoms with Crippen molar-refractivity contribution >= 4 is 17.9 Å². The van der Waals surface area contributed by atoms with E-state index in [0.29, 0.717) is 19.3 Å². The predicted octanol–water partition coefficient (Wildman–Crippen LogP) is 15.1. The van der Waals surface area contributed by atoms with E-state index in [2.05, 4.69) is 93.7 Å². The largest absolute Gasteiger partial charge is 0.462 e. The fraction of sp³-hybridized carbons (Fsp3) is 0.706. The van der Waals surface area contributed by atoms with Gasteiger partial charge >= 0.3 is 17.9 Å². The van der Waals surface area contributed by atoms with Crippen LogP contribution in [0.25, 0.3) is 0 Å². The summed E-state index contributed by atoms with van der Waals surface area (Å²) in [5, 5.41) is 0. The van der Waals surface area contributed by atoms with Crippen molar-refractivity contribution in [2.24, 2.45) is 0 Å². The summed E-state index contributed by atoms with van der Waals surface area (Å²) in [7, 11) is 0. The molecule has 6 nitrogen and oxygen atoms in total. The Kier molecular flexibility index (Phi) is 43.0. The number of ether oxygens (including phenoxy) is 3. The first-order valence-corrected chi connectivity index (χ1v) is 23.4. The van der Waals surface area contributed by atoms with Crippen LogP contribution in [0.4, 0.5) is 0 Å². The van der Waals surface area contributed by atoms with Crippen molar-refractivity contribution in [1.82, 2.24) is 0 Å². The van der Waals surface area contributed by atoms with Crippen molar-refractivity contribution in [3.05, 3.63) is 72.9 Å². The monoisotopic (exact) mass is 795 g/mol. The Morgan fingerprint density at radius 1 is 0.368 bits per heavy atom. The zero-order valence-corrected chi connectivity index (χ0v) is 37.1. The maximum absolute atomic E-state index is 12.6. The van der Waals surface area contributed by atoms with Crippen molar-refractivity contribution in [1.29, 1.82) is 0 Å². The molecule has 0 aromatic carbocycles. The summed E-state index contributed by atoms with van der Waals surface area (Å²) in [6, 6.07) is 0. The molecule has 1 unspecified atom stereocenters. The zero-order chi connectivity index (χ0) is 41.5. The van der Waals surface area contributed by atoms with Gasteiger partial charge in [0.15, 0.2) is 6.10 Å². The van der Waals surface area contributed by atoms with E-state index in [0.717, 1.165) is 109 Å². The number of carbonyl (C=O) groups is 3. The summed E-state index contributed by atoms with van der Waals surface area (Å²) in [4.78, 5) is 37.6. The molecular formula is C51H86O6. The normalized spacial score (nSPS) is 12.7. The molecule has 0 aliphatic rings. The van der Waals surface area contributed by atoms with Gasteiger partial charge < -0.3 is 14.2 Å². The number of rotatable bonds is 41. The van der Waals surface area contributed by atoms with Crippen LogP contribution in [0.2, 0.25) is 0 Å². The predicted molar refractivity (Wildman–Crippen MR) is 242 cm³/mol. The molecule has 0 bridgehead atoms. The summed E-state index contributed by atoms with van der Waals surface area (Å²) in [6.45, 7) is 6.42. The SMILES string of the molecule is CC/C=C\C/C=C\C/C=C\C/C=C\C/C=C\C/C=C\CCCCCCC(=O)OCC(COC(=O)CCCCCCCCCC)OC(=O)CCCCCCCCCC. The van der Waals surface area contributed by atoms with Gasteiger partial charge in [0.25, 0.3) is 0 Å². The van der Waals surface area contributed by atoms with Gasteiger partial charge in [-0.1, -0.05) is 196 Å². The summed E-state index contributed by atoms with van der Waals surface area (Å²) in [5.74, 6) is -0.921. The lowest BCUT2D eigenvalue weighted by Crippen LogP contribution is -2.30. The Hall–Kier alpha value is -3.15. The van der Waals surface area contributed by atoms with Crippen LogP contribution in [0.15, 0.2) is 72.9 Å². The van der Waals surface area contributed by atoms with Crippen LogP contribution < -0.4 is 0 Å². The maximum Gasteiger partial charge on any atom is 0.306 e. The number of esters is 3. The highest BCUT2D eigenvalue weighted by molar-refractivity contribution is 5.71. The molecule has 0 rings (SSSR count). The van der Waals surface area contributed by atoms with Gasteiger partial charge in [0, 0.05) is 19.3 Å². The van der Waals surface area contributed by atoms with Crippen molar-refractivity contribution in [2.45, 2.75) is 219 Å². The number of unbranched alkanes of at least 4 members (excludes halogenated alkanes) is 18. The quantitative estimate of drug-likeness (QED) is 0.0265. The van der Waals surface area contributed by atoms with Gasteiger partial charge in [0.05, 0.1) is 0 Å². The van der Waals surface area contributed by atoms with E-state index in [1.54, 1.807) is 0 Å². The average molecular weight is 795 g/mol. The van der Waals surface area contributed by atoms with Crippen molar-refractivity contribution < 1.29 is 28.6 Å². The van der Waals surface area contributed by atoms with Gasteiger partial charge in [0.2, 0.25) is 0 Å². The summed E-state index contributed by atoms with van der Waals surface area (Å²) in [6.07, 6.45) is 56.2. The zero-order valence-electron chi connectivity index (χ0n) is 37.1. The van der Waals surface area contributed by atoms with Crippen LogP contribution in [-0.4, -0.2) is 37.2 Å². The number of hydrogen-bond donors (Lipinski definition) is 0. The molecule has 0 N–H and O–H groups in total. The number of hydrogen-bond acceptors (Lipinski definition) is 6. The van der Waals surface area contributed by atoms with E-state index in [9.17, 15) is 14.4 Å². The third-order valence-corrected chi connectivity index (χ3v) is 9.73. The first-order valence-electron chi connectivity index (χ1n) is 23.4. The fourth-order valence-electron chi connectivity index (χ4n) is 6.21. The highest BCUT2D eigenvalue weighted by Gasteiger charge is 2.19. The highest BCUT2D eigenvalue weighted by atomic mass is 16.6. The Balaban J connectivity index is 4.25. The van der Waals surface area contributed by atoms with E-state index < -0.39 is 6.10 Å². The minimum absolute atomic E-state index is 0.0824. The van der Waals surface area contributed by atoms with Crippen molar-refractivity contribution in [3.63, 3.8) is 0 Å². The van der Waals surface area contributed by atoms with E-state index in [-0.39, 0.29) is 31.1 Å². The van der Waals surface area contributed by atoms with E-state index >= 15 is 0 Å². The Morgan fingerprint density at radius 2 is 0.684 bits per heavy atom. The van der Waals surface area contributed by atoms with Crippen LogP contribution >= 0.6 is 0 Å². The second-order valence-corrected chi connectivity index (χ2v) is 15.3. The molecule has 0 aliphatic carbocycles.